The van der Waals surface area contributed by atoms with Gasteiger partial charge in [0.25, 0.3) is 5.91 Å². The van der Waals surface area contributed by atoms with Crippen molar-refractivity contribution in [1.29, 1.82) is 0 Å². The topological polar surface area (TPSA) is 54.9 Å². The molecule has 1 amide bonds. The summed E-state index contributed by atoms with van der Waals surface area (Å²) in [6, 6.07) is 18.2. The number of rotatable bonds is 3. The van der Waals surface area contributed by atoms with E-state index in [4.69, 9.17) is 0 Å². The van der Waals surface area contributed by atoms with Crippen LogP contribution in [0, 0.1) is 5.95 Å². The van der Waals surface area contributed by atoms with E-state index < -0.39 is 11.9 Å². The second-order valence-corrected chi connectivity index (χ2v) is 6.39. The molecule has 0 saturated carbocycles. The predicted molar refractivity (Wildman–Crippen MR) is 97.2 cm³/mol. The Morgan fingerprint density at radius 3 is 2.76 bits per heavy atom. The molecule has 0 saturated heterocycles. The van der Waals surface area contributed by atoms with Crippen molar-refractivity contribution in [2.75, 3.05) is 5.32 Å². The Balaban J connectivity index is 1.63. The molecule has 0 aliphatic carbocycles. The van der Waals surface area contributed by atoms with Crippen LogP contribution < -0.4 is 5.32 Å². The van der Waals surface area contributed by atoms with Crippen LogP contribution in [0.5, 0.6) is 0 Å². The van der Waals surface area contributed by atoms with Crippen LogP contribution in [-0.2, 0) is 0 Å². The Morgan fingerprint density at radius 1 is 1.04 bits per heavy atom. The lowest BCUT2D eigenvalue weighted by Crippen LogP contribution is -2.14. The first kappa shape index (κ1) is 15.4. The molecule has 0 atom stereocenters. The Labute approximate surface area is 147 Å². The Kier molecular flexibility index (Phi) is 3.95. The number of nitrogens with one attached hydrogen (secondary N) is 1. The van der Waals surface area contributed by atoms with Gasteiger partial charge in [-0.05, 0) is 36.4 Å². The van der Waals surface area contributed by atoms with Gasteiger partial charge in [0, 0.05) is 17.4 Å². The number of fused-ring (bicyclic) bond motifs is 1. The first-order valence-corrected chi connectivity index (χ1v) is 8.40. The van der Waals surface area contributed by atoms with E-state index in [-0.39, 0.29) is 5.56 Å². The number of thiazole rings is 1. The van der Waals surface area contributed by atoms with Crippen molar-refractivity contribution >= 4 is 33.1 Å². The van der Waals surface area contributed by atoms with Gasteiger partial charge in [-0.2, -0.15) is 4.39 Å². The standard InChI is InChI=1S/C19H12FN3OS/c20-17-14(7-4-10-21-17)18(24)22-13-6-3-5-12(11-13)19-23-15-8-1-2-9-16(15)25-19/h1-11H,(H,22,24). The molecule has 0 spiro atoms. The number of aromatic nitrogens is 2. The minimum atomic E-state index is -0.790. The molecule has 0 radical (unpaired) electrons. The highest BCUT2D eigenvalue weighted by atomic mass is 32.1. The molecule has 2 heterocycles. The molecule has 2 aromatic heterocycles. The molecule has 6 heteroatoms. The van der Waals surface area contributed by atoms with Gasteiger partial charge in [-0.15, -0.1) is 11.3 Å². The highest BCUT2D eigenvalue weighted by molar-refractivity contribution is 7.21. The number of carbonyl (C=O) groups excluding carboxylic acids is 1. The zero-order valence-corrected chi connectivity index (χ0v) is 13.8. The maximum Gasteiger partial charge on any atom is 0.260 e. The monoisotopic (exact) mass is 349 g/mol. The summed E-state index contributed by atoms with van der Waals surface area (Å²) in [6.45, 7) is 0. The second-order valence-electron chi connectivity index (χ2n) is 5.36. The lowest BCUT2D eigenvalue weighted by atomic mass is 10.2. The fraction of sp³-hybridized carbons (Fsp3) is 0. The smallest absolute Gasteiger partial charge is 0.260 e. The molecule has 1 N–H and O–H groups in total. The lowest BCUT2D eigenvalue weighted by molar-refractivity contribution is 0.102. The van der Waals surface area contributed by atoms with Crippen LogP contribution in [-0.4, -0.2) is 15.9 Å². The molecule has 0 aliphatic heterocycles. The van der Waals surface area contributed by atoms with Crippen molar-refractivity contribution in [3.63, 3.8) is 0 Å². The minimum Gasteiger partial charge on any atom is -0.322 e. The molecule has 25 heavy (non-hydrogen) atoms. The van der Waals surface area contributed by atoms with Crippen molar-refractivity contribution < 1.29 is 9.18 Å². The predicted octanol–water partition coefficient (Wildman–Crippen LogP) is 4.75. The van der Waals surface area contributed by atoms with Crippen molar-refractivity contribution in [3.8, 4) is 10.6 Å². The minimum absolute atomic E-state index is 0.0899. The molecular weight excluding hydrogens is 337 g/mol. The van der Waals surface area contributed by atoms with Crippen LogP contribution in [0.25, 0.3) is 20.8 Å². The molecular formula is C19H12FN3OS. The van der Waals surface area contributed by atoms with E-state index in [1.165, 1.54) is 18.3 Å². The van der Waals surface area contributed by atoms with E-state index in [1.54, 1.807) is 17.4 Å². The van der Waals surface area contributed by atoms with Gasteiger partial charge in [-0.25, -0.2) is 9.97 Å². The maximum absolute atomic E-state index is 13.6. The number of amides is 1. The Hall–Kier alpha value is -3.12. The average Bonchev–Trinajstić information content (AvgIpc) is 3.06. The summed E-state index contributed by atoms with van der Waals surface area (Å²) in [4.78, 5) is 20.3. The molecule has 0 unspecified atom stereocenters. The maximum atomic E-state index is 13.6. The molecule has 0 bridgehead atoms. The van der Waals surface area contributed by atoms with Crippen LogP contribution in [0.3, 0.4) is 0 Å². The molecule has 4 aromatic rings. The van der Waals surface area contributed by atoms with Gasteiger partial charge in [0.05, 0.1) is 15.8 Å². The third-order valence-corrected chi connectivity index (χ3v) is 4.75. The zero-order valence-electron chi connectivity index (χ0n) is 12.9. The van der Waals surface area contributed by atoms with Gasteiger partial charge in [0.2, 0.25) is 5.95 Å². The summed E-state index contributed by atoms with van der Waals surface area (Å²) in [5.74, 6) is -1.32. The summed E-state index contributed by atoms with van der Waals surface area (Å²) < 4.78 is 14.7. The second kappa shape index (κ2) is 6.41. The molecule has 0 aliphatic rings. The summed E-state index contributed by atoms with van der Waals surface area (Å²) in [5.41, 5.74) is 2.32. The molecule has 4 nitrogen and oxygen atoms in total. The van der Waals surface area contributed by atoms with Gasteiger partial charge in [-0.3, -0.25) is 4.79 Å². The normalized spacial score (nSPS) is 10.8. The van der Waals surface area contributed by atoms with Crippen molar-refractivity contribution in [2.24, 2.45) is 0 Å². The van der Waals surface area contributed by atoms with Gasteiger partial charge in [-0.1, -0.05) is 24.3 Å². The number of hydrogen-bond donors (Lipinski definition) is 1. The number of anilines is 1. The molecule has 0 fully saturated rings. The molecule has 2 aromatic carbocycles. The first-order chi connectivity index (χ1) is 12.2. The van der Waals surface area contributed by atoms with E-state index in [1.807, 2.05) is 42.5 Å². The van der Waals surface area contributed by atoms with E-state index in [0.717, 1.165) is 20.8 Å². The fourth-order valence-corrected chi connectivity index (χ4v) is 3.44. The number of benzene rings is 2. The third-order valence-electron chi connectivity index (χ3n) is 3.66. The van der Waals surface area contributed by atoms with E-state index in [2.05, 4.69) is 15.3 Å². The average molecular weight is 349 g/mol. The highest BCUT2D eigenvalue weighted by Gasteiger charge is 2.13. The number of nitrogens with zero attached hydrogens (tertiary/aromatic N) is 2. The van der Waals surface area contributed by atoms with E-state index in [9.17, 15) is 9.18 Å². The summed E-state index contributed by atoms with van der Waals surface area (Å²) in [7, 11) is 0. The van der Waals surface area contributed by atoms with E-state index in [0.29, 0.717) is 5.69 Å². The van der Waals surface area contributed by atoms with Crippen LogP contribution in [0.15, 0.2) is 66.9 Å². The van der Waals surface area contributed by atoms with Crippen LogP contribution in [0.4, 0.5) is 10.1 Å². The Morgan fingerprint density at radius 2 is 1.92 bits per heavy atom. The number of halogens is 1. The number of carbonyl (C=O) groups is 1. The third kappa shape index (κ3) is 3.12. The summed E-state index contributed by atoms with van der Waals surface area (Å²) >= 11 is 1.58. The number of para-hydroxylation sites is 1. The highest BCUT2D eigenvalue weighted by Crippen LogP contribution is 2.31. The van der Waals surface area contributed by atoms with Gasteiger partial charge < -0.3 is 5.32 Å². The number of hydrogen-bond acceptors (Lipinski definition) is 4. The van der Waals surface area contributed by atoms with E-state index >= 15 is 0 Å². The fourth-order valence-electron chi connectivity index (χ4n) is 2.48. The largest absolute Gasteiger partial charge is 0.322 e. The summed E-state index contributed by atoms with van der Waals surface area (Å²) in [5, 5.41) is 3.57. The Bertz CT molecular complexity index is 1040. The zero-order chi connectivity index (χ0) is 17.2. The van der Waals surface area contributed by atoms with Gasteiger partial charge in [0.1, 0.15) is 5.01 Å². The lowest BCUT2D eigenvalue weighted by Gasteiger charge is -2.06. The van der Waals surface area contributed by atoms with Crippen molar-refractivity contribution in [3.05, 3.63) is 78.4 Å². The quantitative estimate of drug-likeness (QED) is 0.543. The SMILES string of the molecule is O=C(Nc1cccc(-c2nc3ccccc3s2)c1)c1cccnc1F. The molecule has 4 rings (SSSR count). The summed E-state index contributed by atoms with van der Waals surface area (Å²) in [6.07, 6.45) is 1.31. The van der Waals surface area contributed by atoms with Crippen LogP contribution in [0.2, 0.25) is 0 Å². The van der Waals surface area contributed by atoms with Crippen LogP contribution in [0.1, 0.15) is 10.4 Å². The molecule has 122 valence electrons. The van der Waals surface area contributed by atoms with Crippen LogP contribution >= 0.6 is 11.3 Å². The van der Waals surface area contributed by atoms with Gasteiger partial charge >= 0.3 is 0 Å². The van der Waals surface area contributed by atoms with Gasteiger partial charge in [0.15, 0.2) is 0 Å². The van der Waals surface area contributed by atoms with Crippen molar-refractivity contribution in [1.82, 2.24) is 9.97 Å². The van der Waals surface area contributed by atoms with Crippen molar-refractivity contribution in [2.45, 2.75) is 0 Å². The number of pyridine rings is 1. The first-order valence-electron chi connectivity index (χ1n) is 7.58.